The van der Waals surface area contributed by atoms with Crippen molar-refractivity contribution in [3.8, 4) is 5.75 Å². The van der Waals surface area contributed by atoms with E-state index < -0.39 is 16.0 Å². The van der Waals surface area contributed by atoms with Gasteiger partial charge < -0.3 is 19.6 Å². The molecule has 1 saturated heterocycles. The third kappa shape index (κ3) is 6.76. The second kappa shape index (κ2) is 12.8. The molecule has 4 rings (SSSR count). The number of ether oxygens (including phenoxy) is 1. The number of hydrogen-bond acceptors (Lipinski definition) is 7. The molecule has 0 aliphatic carbocycles. The minimum atomic E-state index is -4.05. The SMILES string of the molecule is COc1ccc(Cl)cc1S(=O)(=O)Nc1ccc2nc(N3CCN(C)CC3)cc(C(=O)O)c2c1.Cl.Cl.Cl. The van der Waals surface area contributed by atoms with Gasteiger partial charge in [0.2, 0.25) is 0 Å². The normalized spacial score (nSPS) is 13.7. The van der Waals surface area contributed by atoms with Crippen LogP contribution in [0.4, 0.5) is 11.5 Å². The highest BCUT2D eigenvalue weighted by molar-refractivity contribution is 7.92. The fraction of sp³-hybridized carbons (Fsp3) is 0.273. The number of sulfonamides is 1. The van der Waals surface area contributed by atoms with Crippen LogP contribution in [0.25, 0.3) is 10.9 Å². The third-order valence-corrected chi connectivity index (χ3v) is 7.16. The van der Waals surface area contributed by atoms with E-state index in [-0.39, 0.29) is 64.1 Å². The molecule has 2 heterocycles. The van der Waals surface area contributed by atoms with E-state index in [4.69, 9.17) is 16.3 Å². The number of methoxy groups -OCH3 is 1. The average Bonchev–Trinajstić information content (AvgIpc) is 2.78. The second-order valence-corrected chi connectivity index (χ2v) is 9.84. The third-order valence-electron chi connectivity index (χ3n) is 5.52. The molecule has 1 aromatic heterocycles. The number of pyridine rings is 1. The predicted molar refractivity (Wildman–Crippen MR) is 149 cm³/mol. The molecular weight excluding hydrogens is 574 g/mol. The van der Waals surface area contributed by atoms with E-state index in [1.807, 2.05) is 11.9 Å². The van der Waals surface area contributed by atoms with E-state index in [0.29, 0.717) is 16.7 Å². The molecule has 2 N–H and O–H groups in total. The van der Waals surface area contributed by atoms with Gasteiger partial charge in [-0.1, -0.05) is 11.6 Å². The molecule has 0 saturated carbocycles. The average molecular weight is 600 g/mol. The summed E-state index contributed by atoms with van der Waals surface area (Å²) in [6.07, 6.45) is 0. The number of rotatable bonds is 6. The van der Waals surface area contributed by atoms with Crippen LogP contribution in [-0.4, -0.2) is 69.7 Å². The van der Waals surface area contributed by atoms with Gasteiger partial charge in [-0.05, 0) is 49.5 Å². The van der Waals surface area contributed by atoms with Gasteiger partial charge in [0.25, 0.3) is 10.0 Å². The standard InChI is InChI=1S/C22H23ClN4O5S.3ClH/c1-26-7-9-27(10-8-26)21-13-17(22(28)29)16-12-15(4-5-18(16)24-21)25-33(30,31)20-11-14(23)3-6-19(20)32-2;;;/h3-6,11-13,25H,7-10H2,1-2H3,(H,28,29);3*1H. The van der Waals surface area contributed by atoms with Gasteiger partial charge in [-0.3, -0.25) is 4.72 Å². The van der Waals surface area contributed by atoms with Crippen molar-refractivity contribution in [2.45, 2.75) is 4.90 Å². The van der Waals surface area contributed by atoms with Gasteiger partial charge in [-0.15, -0.1) is 37.2 Å². The van der Waals surface area contributed by atoms with Gasteiger partial charge >= 0.3 is 5.97 Å². The number of hydrogen-bond donors (Lipinski definition) is 2. The van der Waals surface area contributed by atoms with E-state index in [0.717, 1.165) is 26.2 Å². The molecule has 1 fully saturated rings. The number of carboxylic acids is 1. The molecule has 14 heteroatoms. The first-order valence-corrected chi connectivity index (χ1v) is 12.0. The second-order valence-electron chi connectivity index (χ2n) is 7.76. The molecule has 2 aromatic carbocycles. The zero-order valence-electron chi connectivity index (χ0n) is 19.3. The number of likely N-dealkylation sites (N-methyl/N-ethyl adjacent to an activating group) is 1. The van der Waals surface area contributed by atoms with Crippen molar-refractivity contribution >= 4 is 87.2 Å². The Bertz CT molecular complexity index is 1340. The zero-order chi connectivity index (χ0) is 23.8. The van der Waals surface area contributed by atoms with Gasteiger partial charge in [0, 0.05) is 42.3 Å². The summed E-state index contributed by atoms with van der Waals surface area (Å²) in [6.45, 7) is 3.20. The number of halogens is 4. The zero-order valence-corrected chi connectivity index (χ0v) is 23.3. The lowest BCUT2D eigenvalue weighted by Gasteiger charge is -2.33. The van der Waals surface area contributed by atoms with Crippen LogP contribution in [-0.2, 0) is 10.0 Å². The molecule has 0 spiro atoms. The Balaban J connectivity index is 0.00000216. The summed E-state index contributed by atoms with van der Waals surface area (Å²) in [7, 11) is -0.652. The van der Waals surface area contributed by atoms with Crippen molar-refractivity contribution in [1.29, 1.82) is 0 Å². The number of fused-ring (bicyclic) bond motifs is 1. The van der Waals surface area contributed by atoms with Crippen molar-refractivity contribution < 1.29 is 23.1 Å². The maximum Gasteiger partial charge on any atom is 0.336 e. The van der Waals surface area contributed by atoms with Crippen LogP contribution < -0.4 is 14.4 Å². The van der Waals surface area contributed by atoms with E-state index in [9.17, 15) is 18.3 Å². The van der Waals surface area contributed by atoms with Gasteiger partial charge in [-0.2, -0.15) is 0 Å². The number of nitrogens with one attached hydrogen (secondary N) is 1. The molecule has 3 aromatic rings. The van der Waals surface area contributed by atoms with Crippen molar-refractivity contribution in [3.63, 3.8) is 0 Å². The highest BCUT2D eigenvalue weighted by Gasteiger charge is 2.22. The van der Waals surface area contributed by atoms with Crippen LogP contribution in [0.15, 0.2) is 47.4 Å². The van der Waals surface area contributed by atoms with E-state index in [1.165, 1.54) is 37.4 Å². The first kappa shape index (κ1) is 31.8. The number of aromatic carboxylic acids is 1. The molecule has 198 valence electrons. The molecule has 1 aliphatic heterocycles. The van der Waals surface area contributed by atoms with Crippen molar-refractivity contribution in [1.82, 2.24) is 9.88 Å². The molecular formula is C22H26Cl4N4O5S. The monoisotopic (exact) mass is 598 g/mol. The van der Waals surface area contributed by atoms with Crippen LogP contribution in [0.3, 0.4) is 0 Å². The fourth-order valence-electron chi connectivity index (χ4n) is 3.72. The van der Waals surface area contributed by atoms with Crippen molar-refractivity contribution in [2.24, 2.45) is 0 Å². The van der Waals surface area contributed by atoms with Gasteiger partial charge in [0.05, 0.1) is 18.2 Å². The molecule has 0 atom stereocenters. The van der Waals surface area contributed by atoms with Crippen LogP contribution in [0.5, 0.6) is 5.75 Å². The predicted octanol–water partition coefficient (Wildman–Crippen LogP) is 4.41. The number of benzene rings is 2. The Kier molecular flexibility index (Phi) is 11.4. The summed E-state index contributed by atoms with van der Waals surface area (Å²) in [5.41, 5.74) is 0.712. The molecule has 9 nitrogen and oxygen atoms in total. The molecule has 0 bridgehead atoms. The van der Waals surface area contributed by atoms with Crippen molar-refractivity contribution in [3.05, 3.63) is 53.1 Å². The number of carboxylic acid groups (broad SMARTS) is 1. The lowest BCUT2D eigenvalue weighted by molar-refractivity contribution is 0.0699. The van der Waals surface area contributed by atoms with Gasteiger partial charge in [0.1, 0.15) is 16.5 Å². The fourth-order valence-corrected chi connectivity index (χ4v) is 5.20. The molecule has 1 aliphatic rings. The van der Waals surface area contributed by atoms with Crippen LogP contribution in [0.1, 0.15) is 10.4 Å². The minimum absolute atomic E-state index is 0. The van der Waals surface area contributed by atoms with E-state index >= 15 is 0 Å². The topological polar surface area (TPSA) is 112 Å². The quantitative estimate of drug-likeness (QED) is 0.428. The van der Waals surface area contributed by atoms with Crippen molar-refractivity contribution in [2.75, 3.05) is 50.0 Å². The minimum Gasteiger partial charge on any atom is -0.495 e. The summed E-state index contributed by atoms with van der Waals surface area (Å²) in [5.74, 6) is -0.392. The first-order valence-electron chi connectivity index (χ1n) is 10.2. The Morgan fingerprint density at radius 3 is 2.33 bits per heavy atom. The van der Waals surface area contributed by atoms with E-state index in [2.05, 4.69) is 14.6 Å². The van der Waals surface area contributed by atoms with E-state index in [1.54, 1.807) is 12.1 Å². The maximum absolute atomic E-state index is 13.0. The lowest BCUT2D eigenvalue weighted by Crippen LogP contribution is -2.44. The number of nitrogens with zero attached hydrogens (tertiary/aromatic N) is 3. The molecule has 0 amide bonds. The highest BCUT2D eigenvalue weighted by Crippen LogP contribution is 2.31. The lowest BCUT2D eigenvalue weighted by atomic mass is 10.1. The van der Waals surface area contributed by atoms with Crippen LogP contribution in [0, 0.1) is 0 Å². The largest absolute Gasteiger partial charge is 0.495 e. The molecule has 36 heavy (non-hydrogen) atoms. The Hall–Kier alpha value is -2.21. The summed E-state index contributed by atoms with van der Waals surface area (Å²) in [4.78, 5) is 20.8. The maximum atomic E-state index is 13.0. The van der Waals surface area contributed by atoms with Gasteiger partial charge in [0.15, 0.2) is 0 Å². The number of piperazine rings is 1. The smallest absolute Gasteiger partial charge is 0.336 e. The Labute approximate surface area is 233 Å². The van der Waals surface area contributed by atoms with Crippen LogP contribution in [0.2, 0.25) is 5.02 Å². The summed E-state index contributed by atoms with van der Waals surface area (Å²) in [6, 6.07) is 10.4. The molecule has 0 radical (unpaired) electrons. The Morgan fingerprint density at radius 1 is 1.06 bits per heavy atom. The number of carbonyl (C=O) groups is 1. The molecule has 0 unspecified atom stereocenters. The van der Waals surface area contributed by atoms with Gasteiger partial charge in [-0.25, -0.2) is 18.2 Å². The summed E-state index contributed by atoms with van der Waals surface area (Å²) in [5, 5.41) is 10.4. The summed E-state index contributed by atoms with van der Waals surface area (Å²) < 4.78 is 33.6. The van der Waals surface area contributed by atoms with Crippen LogP contribution >= 0.6 is 48.8 Å². The number of aromatic nitrogens is 1. The Morgan fingerprint density at radius 2 is 1.72 bits per heavy atom. The summed E-state index contributed by atoms with van der Waals surface area (Å²) >= 11 is 5.98. The highest BCUT2D eigenvalue weighted by atomic mass is 35.5. The number of anilines is 2. The first-order chi connectivity index (χ1) is 15.7.